The largest absolute Gasteiger partial charge is 0.444 e. The first-order valence-corrected chi connectivity index (χ1v) is 11.8. The molecule has 1 aromatic carbocycles. The Kier molecular flexibility index (Phi) is 6.24. The summed E-state index contributed by atoms with van der Waals surface area (Å²) in [5.74, 6) is -0.869. The summed E-state index contributed by atoms with van der Waals surface area (Å²) in [7, 11) is 0. The van der Waals surface area contributed by atoms with Gasteiger partial charge in [-0.3, -0.25) is 9.69 Å². The lowest BCUT2D eigenvalue weighted by molar-refractivity contribution is -0.141. The SMILES string of the molecule is O=C(NC1CCCC1)c1cnc(N2CCC(N3C(=O)OCc4ccccc43)CC2)nc1C(F)(F)F. The third kappa shape index (κ3) is 4.76. The van der Waals surface area contributed by atoms with Gasteiger partial charge >= 0.3 is 12.3 Å². The predicted molar refractivity (Wildman–Crippen MR) is 121 cm³/mol. The standard InChI is InChI=1S/C24H26F3N5O3/c25-24(26,27)20-18(21(33)29-16-6-2-3-7-16)13-28-22(30-20)31-11-9-17(10-12-31)32-19-8-4-1-5-15(19)14-35-23(32)34/h1,4-5,8,13,16-17H,2-3,6-7,9-12,14H2,(H,29,33). The van der Waals surface area contributed by atoms with E-state index in [9.17, 15) is 22.8 Å². The normalized spacial score (nSPS) is 19.5. The van der Waals surface area contributed by atoms with Crippen LogP contribution in [-0.4, -0.2) is 47.1 Å². The van der Waals surface area contributed by atoms with Crippen molar-refractivity contribution >= 4 is 23.6 Å². The number of carbonyl (C=O) groups is 2. The van der Waals surface area contributed by atoms with Crippen LogP contribution in [-0.2, 0) is 17.5 Å². The Bertz CT molecular complexity index is 1110. The number of hydrogen-bond donors (Lipinski definition) is 1. The molecule has 0 bridgehead atoms. The number of halogens is 3. The maximum atomic E-state index is 13.8. The molecular formula is C24H26F3N5O3. The summed E-state index contributed by atoms with van der Waals surface area (Å²) in [5.41, 5.74) is -0.0704. The summed E-state index contributed by atoms with van der Waals surface area (Å²) in [5, 5.41) is 2.68. The molecule has 2 aromatic rings. The van der Waals surface area contributed by atoms with Crippen LogP contribution in [0.1, 0.15) is 60.1 Å². The molecule has 3 aliphatic rings. The average Bonchev–Trinajstić information content (AvgIpc) is 3.36. The molecule has 35 heavy (non-hydrogen) atoms. The van der Waals surface area contributed by atoms with Crippen LogP contribution in [0, 0.1) is 0 Å². The highest BCUT2D eigenvalue weighted by Gasteiger charge is 2.40. The number of fused-ring (bicyclic) bond motifs is 1. The molecule has 1 aliphatic carbocycles. The van der Waals surface area contributed by atoms with Crippen LogP contribution < -0.4 is 15.1 Å². The second-order valence-corrected chi connectivity index (χ2v) is 9.16. The third-order valence-corrected chi connectivity index (χ3v) is 6.89. The maximum absolute atomic E-state index is 13.8. The average molecular weight is 489 g/mol. The van der Waals surface area contributed by atoms with E-state index in [1.807, 2.05) is 24.3 Å². The predicted octanol–water partition coefficient (Wildman–Crippen LogP) is 4.29. The van der Waals surface area contributed by atoms with E-state index in [-0.39, 0.29) is 24.6 Å². The van der Waals surface area contributed by atoms with Gasteiger partial charge < -0.3 is 15.0 Å². The number of nitrogens with zero attached hydrogens (tertiary/aromatic N) is 4. The van der Waals surface area contributed by atoms with Gasteiger partial charge in [-0.25, -0.2) is 14.8 Å². The van der Waals surface area contributed by atoms with E-state index >= 15 is 0 Å². The zero-order chi connectivity index (χ0) is 24.6. The molecule has 186 valence electrons. The number of ether oxygens (including phenoxy) is 1. The fraction of sp³-hybridized carbons (Fsp3) is 0.500. The summed E-state index contributed by atoms with van der Waals surface area (Å²) >= 11 is 0. The number of para-hydroxylation sites is 1. The monoisotopic (exact) mass is 489 g/mol. The number of piperidine rings is 1. The Morgan fingerprint density at radius 2 is 1.80 bits per heavy atom. The molecule has 11 heteroatoms. The number of alkyl halides is 3. The van der Waals surface area contributed by atoms with Crippen molar-refractivity contribution in [3.63, 3.8) is 0 Å². The Morgan fingerprint density at radius 1 is 1.09 bits per heavy atom. The fourth-order valence-corrected chi connectivity index (χ4v) is 5.09. The van der Waals surface area contributed by atoms with Crippen molar-refractivity contribution in [1.29, 1.82) is 0 Å². The van der Waals surface area contributed by atoms with Crippen molar-refractivity contribution in [1.82, 2.24) is 15.3 Å². The number of aromatic nitrogens is 2. The van der Waals surface area contributed by atoms with E-state index < -0.39 is 29.4 Å². The summed E-state index contributed by atoms with van der Waals surface area (Å²) in [6.07, 6.45) is 0.198. The number of nitrogens with one attached hydrogen (secondary N) is 1. The molecule has 2 amide bonds. The van der Waals surface area contributed by atoms with Crippen molar-refractivity contribution in [2.75, 3.05) is 22.9 Å². The lowest BCUT2D eigenvalue weighted by atomic mass is 10.0. The minimum absolute atomic E-state index is 0.0742. The van der Waals surface area contributed by atoms with Crippen LogP contribution in [0.3, 0.4) is 0 Å². The molecule has 0 spiro atoms. The Labute approximate surface area is 200 Å². The Balaban J connectivity index is 1.31. The number of benzene rings is 1. The summed E-state index contributed by atoms with van der Waals surface area (Å²) in [6, 6.07) is 7.24. The minimum Gasteiger partial charge on any atom is -0.444 e. The zero-order valence-corrected chi connectivity index (χ0v) is 19.1. The van der Waals surface area contributed by atoms with E-state index in [1.54, 1.807) is 9.80 Å². The molecular weight excluding hydrogens is 463 g/mol. The topological polar surface area (TPSA) is 87.7 Å². The molecule has 1 aromatic heterocycles. The highest BCUT2D eigenvalue weighted by Crippen LogP contribution is 2.34. The number of rotatable bonds is 4. The van der Waals surface area contributed by atoms with Crippen LogP contribution in [0.4, 0.5) is 29.6 Å². The molecule has 3 heterocycles. The quantitative estimate of drug-likeness (QED) is 0.690. The van der Waals surface area contributed by atoms with Crippen LogP contribution in [0.25, 0.3) is 0 Å². The molecule has 8 nitrogen and oxygen atoms in total. The molecule has 1 N–H and O–H groups in total. The van der Waals surface area contributed by atoms with Gasteiger partial charge in [0.15, 0.2) is 5.69 Å². The van der Waals surface area contributed by atoms with Crippen LogP contribution in [0.15, 0.2) is 30.5 Å². The second kappa shape index (κ2) is 9.35. The molecule has 1 saturated heterocycles. The fourth-order valence-electron chi connectivity index (χ4n) is 5.09. The van der Waals surface area contributed by atoms with Gasteiger partial charge in [0, 0.05) is 36.9 Å². The van der Waals surface area contributed by atoms with E-state index in [4.69, 9.17) is 4.74 Å². The van der Waals surface area contributed by atoms with Crippen molar-refractivity contribution < 1.29 is 27.5 Å². The third-order valence-electron chi connectivity index (χ3n) is 6.89. The summed E-state index contributed by atoms with van der Waals surface area (Å²) < 4.78 is 46.7. The molecule has 0 atom stereocenters. The first-order chi connectivity index (χ1) is 16.8. The van der Waals surface area contributed by atoms with Gasteiger partial charge in [0.05, 0.1) is 11.3 Å². The first kappa shape index (κ1) is 23.4. The van der Waals surface area contributed by atoms with E-state index in [0.717, 1.165) is 43.1 Å². The van der Waals surface area contributed by atoms with E-state index in [1.165, 1.54) is 0 Å². The van der Waals surface area contributed by atoms with Crippen molar-refractivity contribution in [2.45, 2.75) is 63.4 Å². The highest BCUT2D eigenvalue weighted by molar-refractivity contribution is 5.95. The molecule has 2 aliphatic heterocycles. The molecule has 2 fully saturated rings. The molecule has 1 saturated carbocycles. The molecule has 0 radical (unpaired) electrons. The van der Waals surface area contributed by atoms with Crippen LogP contribution in [0.5, 0.6) is 0 Å². The van der Waals surface area contributed by atoms with Crippen molar-refractivity contribution in [3.05, 3.63) is 47.3 Å². The first-order valence-electron chi connectivity index (χ1n) is 11.8. The van der Waals surface area contributed by atoms with Crippen LogP contribution in [0.2, 0.25) is 0 Å². The Hall–Kier alpha value is -3.37. The van der Waals surface area contributed by atoms with Crippen molar-refractivity contribution in [3.8, 4) is 0 Å². The van der Waals surface area contributed by atoms with Gasteiger partial charge in [0.2, 0.25) is 5.95 Å². The maximum Gasteiger partial charge on any atom is 0.434 e. The lowest BCUT2D eigenvalue weighted by Gasteiger charge is -2.40. The van der Waals surface area contributed by atoms with Gasteiger partial charge in [-0.2, -0.15) is 13.2 Å². The second-order valence-electron chi connectivity index (χ2n) is 9.16. The number of amides is 2. The van der Waals surface area contributed by atoms with Gasteiger partial charge in [-0.05, 0) is 31.7 Å². The van der Waals surface area contributed by atoms with Crippen molar-refractivity contribution in [2.24, 2.45) is 0 Å². The van der Waals surface area contributed by atoms with Gasteiger partial charge in [0.25, 0.3) is 5.91 Å². The van der Waals surface area contributed by atoms with Gasteiger partial charge in [-0.15, -0.1) is 0 Å². The smallest absolute Gasteiger partial charge is 0.434 e. The zero-order valence-electron chi connectivity index (χ0n) is 19.1. The molecule has 0 unspecified atom stereocenters. The highest BCUT2D eigenvalue weighted by atomic mass is 19.4. The van der Waals surface area contributed by atoms with E-state index in [2.05, 4.69) is 15.3 Å². The van der Waals surface area contributed by atoms with Gasteiger partial charge in [0.1, 0.15) is 6.61 Å². The lowest BCUT2D eigenvalue weighted by Crippen LogP contribution is -2.49. The van der Waals surface area contributed by atoms with Gasteiger partial charge in [-0.1, -0.05) is 31.0 Å². The Morgan fingerprint density at radius 3 is 2.51 bits per heavy atom. The molecule has 5 rings (SSSR count). The minimum atomic E-state index is -4.79. The number of anilines is 2. The summed E-state index contributed by atoms with van der Waals surface area (Å²) in [6.45, 7) is 0.947. The number of hydrogen-bond acceptors (Lipinski definition) is 6. The van der Waals surface area contributed by atoms with E-state index in [0.29, 0.717) is 25.9 Å². The number of cyclic esters (lactones) is 1. The van der Waals surface area contributed by atoms with Crippen LogP contribution >= 0.6 is 0 Å². The summed E-state index contributed by atoms with van der Waals surface area (Å²) in [4.78, 5) is 36.2. The number of carbonyl (C=O) groups excluding carboxylic acids is 2.